The van der Waals surface area contributed by atoms with Gasteiger partial charge < -0.3 is 20.1 Å². The lowest BCUT2D eigenvalue weighted by Gasteiger charge is -2.35. The highest BCUT2D eigenvalue weighted by molar-refractivity contribution is 7.89. The molecule has 9 heteroatoms. The molecule has 0 bridgehead atoms. The molecular formula is C18H29N3O5S. The van der Waals surface area contributed by atoms with Gasteiger partial charge in [-0.05, 0) is 24.5 Å². The summed E-state index contributed by atoms with van der Waals surface area (Å²) >= 11 is 0. The molecule has 1 aromatic rings. The number of amides is 1. The summed E-state index contributed by atoms with van der Waals surface area (Å²) in [5.41, 5.74) is 5.98. The van der Waals surface area contributed by atoms with Crippen LogP contribution in [0, 0.1) is 5.92 Å². The van der Waals surface area contributed by atoms with Gasteiger partial charge in [0.1, 0.15) is 16.4 Å². The van der Waals surface area contributed by atoms with Crippen molar-refractivity contribution in [3.05, 3.63) is 18.2 Å². The van der Waals surface area contributed by atoms with Crippen LogP contribution in [0.25, 0.3) is 0 Å². The normalized spacial score (nSPS) is 17.0. The highest BCUT2D eigenvalue weighted by atomic mass is 32.2. The van der Waals surface area contributed by atoms with Crippen molar-refractivity contribution in [3.8, 4) is 11.5 Å². The summed E-state index contributed by atoms with van der Waals surface area (Å²) in [6, 6.07) is 4.11. The van der Waals surface area contributed by atoms with Gasteiger partial charge in [0.15, 0.2) is 0 Å². The van der Waals surface area contributed by atoms with Crippen LogP contribution in [0.3, 0.4) is 0 Å². The van der Waals surface area contributed by atoms with Crippen LogP contribution in [0.1, 0.15) is 20.3 Å². The lowest BCUT2D eigenvalue weighted by molar-refractivity contribution is -0.134. The van der Waals surface area contributed by atoms with Gasteiger partial charge in [-0.2, -0.15) is 4.31 Å². The number of nitrogens with two attached hydrogens (primary N) is 1. The van der Waals surface area contributed by atoms with E-state index in [4.69, 9.17) is 15.2 Å². The highest BCUT2D eigenvalue weighted by Crippen LogP contribution is 2.31. The molecule has 0 radical (unpaired) electrons. The summed E-state index contributed by atoms with van der Waals surface area (Å²) < 4.78 is 37.8. The third-order valence-electron chi connectivity index (χ3n) is 4.58. The topological polar surface area (TPSA) is 102 Å². The number of benzene rings is 1. The summed E-state index contributed by atoms with van der Waals surface area (Å²) in [5, 5.41) is 0. The first kappa shape index (κ1) is 21.5. The van der Waals surface area contributed by atoms with Crippen LogP contribution in [0.4, 0.5) is 0 Å². The number of nitrogens with zero attached hydrogens (tertiary/aromatic N) is 2. The Bertz CT molecular complexity index is 758. The standard InChI is InChI=1S/C18H29N3O5S/c1-13(2)11-15(19)18(22)20-7-9-21(10-8-20)27(23,24)17-12-14(25-3)5-6-16(17)26-4/h5-6,12-13,15H,7-11,19H2,1-4H3/t15-/m0/s1. The maximum atomic E-state index is 13.1. The molecule has 1 aliphatic heterocycles. The second kappa shape index (κ2) is 8.90. The molecule has 0 aliphatic carbocycles. The van der Waals surface area contributed by atoms with Crippen molar-refractivity contribution in [1.82, 2.24) is 9.21 Å². The Labute approximate surface area is 161 Å². The molecule has 1 amide bonds. The fraction of sp³-hybridized carbons (Fsp3) is 0.611. The molecule has 27 heavy (non-hydrogen) atoms. The maximum absolute atomic E-state index is 13.1. The first-order valence-electron chi connectivity index (χ1n) is 8.97. The molecule has 1 saturated heterocycles. The Morgan fingerprint density at radius 3 is 2.30 bits per heavy atom. The van der Waals surface area contributed by atoms with Crippen LogP contribution in [-0.4, -0.2) is 70.0 Å². The van der Waals surface area contributed by atoms with Crippen molar-refractivity contribution < 1.29 is 22.7 Å². The second-order valence-corrected chi connectivity index (χ2v) is 8.89. The Kier molecular flexibility index (Phi) is 7.07. The molecule has 0 spiro atoms. The first-order chi connectivity index (χ1) is 12.7. The monoisotopic (exact) mass is 399 g/mol. The van der Waals surface area contributed by atoms with Crippen LogP contribution in [0.15, 0.2) is 23.1 Å². The Morgan fingerprint density at radius 2 is 1.78 bits per heavy atom. The van der Waals surface area contributed by atoms with E-state index >= 15 is 0 Å². The summed E-state index contributed by atoms with van der Waals surface area (Å²) in [7, 11) is -0.867. The van der Waals surface area contributed by atoms with Crippen molar-refractivity contribution in [2.24, 2.45) is 11.7 Å². The smallest absolute Gasteiger partial charge is 0.247 e. The van der Waals surface area contributed by atoms with E-state index in [9.17, 15) is 13.2 Å². The first-order valence-corrected chi connectivity index (χ1v) is 10.4. The highest BCUT2D eigenvalue weighted by Gasteiger charge is 2.33. The van der Waals surface area contributed by atoms with Gasteiger partial charge in [-0.3, -0.25) is 4.79 Å². The predicted octanol–water partition coefficient (Wildman–Crippen LogP) is 0.910. The average Bonchev–Trinajstić information content (AvgIpc) is 2.66. The molecule has 8 nitrogen and oxygen atoms in total. The summed E-state index contributed by atoms with van der Waals surface area (Å²) in [6.07, 6.45) is 0.609. The number of methoxy groups -OCH3 is 2. The fourth-order valence-electron chi connectivity index (χ4n) is 3.12. The maximum Gasteiger partial charge on any atom is 0.247 e. The van der Waals surface area contributed by atoms with Gasteiger partial charge in [0.05, 0.1) is 20.3 Å². The number of carbonyl (C=O) groups is 1. The Balaban J connectivity index is 2.12. The van der Waals surface area contributed by atoms with Gasteiger partial charge in [0.2, 0.25) is 15.9 Å². The van der Waals surface area contributed by atoms with Crippen molar-refractivity contribution in [3.63, 3.8) is 0 Å². The zero-order chi connectivity index (χ0) is 20.2. The quantitative estimate of drug-likeness (QED) is 0.731. The van der Waals surface area contributed by atoms with E-state index in [0.29, 0.717) is 31.2 Å². The molecule has 2 N–H and O–H groups in total. The Hall–Kier alpha value is -1.84. The van der Waals surface area contributed by atoms with Crippen LogP contribution >= 0.6 is 0 Å². The third-order valence-corrected chi connectivity index (χ3v) is 6.50. The minimum atomic E-state index is -3.77. The molecule has 152 valence electrons. The number of carbonyl (C=O) groups excluding carboxylic acids is 1. The fourth-order valence-corrected chi connectivity index (χ4v) is 4.71. The number of piperazine rings is 1. The molecule has 1 atom stereocenters. The molecule has 0 aromatic heterocycles. The van der Waals surface area contributed by atoms with E-state index in [-0.39, 0.29) is 29.6 Å². The zero-order valence-electron chi connectivity index (χ0n) is 16.3. The van der Waals surface area contributed by atoms with E-state index < -0.39 is 16.1 Å². The number of rotatable bonds is 7. The van der Waals surface area contributed by atoms with Gasteiger partial charge in [-0.25, -0.2) is 8.42 Å². The number of hydrogen-bond donors (Lipinski definition) is 1. The number of sulfonamides is 1. The van der Waals surface area contributed by atoms with E-state index in [0.717, 1.165) is 0 Å². The van der Waals surface area contributed by atoms with Crippen LogP contribution in [0.5, 0.6) is 11.5 Å². The van der Waals surface area contributed by atoms with Gasteiger partial charge in [0, 0.05) is 32.2 Å². The lowest BCUT2D eigenvalue weighted by atomic mass is 10.0. The van der Waals surface area contributed by atoms with Crippen LogP contribution < -0.4 is 15.2 Å². The summed E-state index contributed by atoms with van der Waals surface area (Å²) in [5.74, 6) is 0.891. The van der Waals surface area contributed by atoms with Gasteiger partial charge in [-0.1, -0.05) is 13.8 Å². The van der Waals surface area contributed by atoms with Crippen molar-refractivity contribution in [1.29, 1.82) is 0 Å². The molecule has 1 aromatic carbocycles. The summed E-state index contributed by atoms with van der Waals surface area (Å²) in [6.45, 7) is 5.08. The third kappa shape index (κ3) is 4.91. The van der Waals surface area contributed by atoms with Crippen LogP contribution in [0.2, 0.25) is 0 Å². The van der Waals surface area contributed by atoms with Crippen molar-refractivity contribution in [2.75, 3.05) is 40.4 Å². The molecule has 1 fully saturated rings. The number of ether oxygens (including phenoxy) is 2. The molecule has 1 aliphatic rings. The SMILES string of the molecule is COc1ccc(OC)c(S(=O)(=O)N2CCN(C(=O)[C@@H](N)CC(C)C)CC2)c1. The van der Waals surface area contributed by atoms with Crippen molar-refractivity contribution >= 4 is 15.9 Å². The average molecular weight is 400 g/mol. The lowest BCUT2D eigenvalue weighted by Crippen LogP contribution is -2.54. The van der Waals surface area contributed by atoms with Crippen molar-refractivity contribution in [2.45, 2.75) is 31.2 Å². The minimum absolute atomic E-state index is 0.0561. The minimum Gasteiger partial charge on any atom is -0.497 e. The predicted molar refractivity (Wildman–Crippen MR) is 102 cm³/mol. The van der Waals surface area contributed by atoms with E-state index in [1.54, 1.807) is 17.0 Å². The second-order valence-electron chi connectivity index (χ2n) is 6.98. The molecule has 0 unspecified atom stereocenters. The molecular weight excluding hydrogens is 370 g/mol. The molecule has 0 saturated carbocycles. The summed E-state index contributed by atoms with van der Waals surface area (Å²) in [4.78, 5) is 14.1. The Morgan fingerprint density at radius 1 is 1.15 bits per heavy atom. The van der Waals surface area contributed by atoms with Gasteiger partial charge in [-0.15, -0.1) is 0 Å². The molecule has 1 heterocycles. The van der Waals surface area contributed by atoms with Gasteiger partial charge >= 0.3 is 0 Å². The van der Waals surface area contributed by atoms with Crippen LogP contribution in [-0.2, 0) is 14.8 Å². The zero-order valence-corrected chi connectivity index (χ0v) is 17.2. The van der Waals surface area contributed by atoms with Gasteiger partial charge in [0.25, 0.3) is 0 Å². The largest absolute Gasteiger partial charge is 0.497 e. The van der Waals surface area contributed by atoms with E-state index in [2.05, 4.69) is 0 Å². The van der Waals surface area contributed by atoms with E-state index in [1.165, 1.54) is 24.6 Å². The number of hydrogen-bond acceptors (Lipinski definition) is 6. The van der Waals surface area contributed by atoms with E-state index in [1.807, 2.05) is 13.8 Å². The molecule has 2 rings (SSSR count).